The maximum atomic E-state index is 14.7. The van der Waals surface area contributed by atoms with E-state index in [1.807, 2.05) is 20.8 Å². The summed E-state index contributed by atoms with van der Waals surface area (Å²) in [5.41, 5.74) is 3.86. The quantitative estimate of drug-likeness (QED) is 0.771. The van der Waals surface area contributed by atoms with Crippen LogP contribution in [-0.2, 0) is 0 Å². The summed E-state index contributed by atoms with van der Waals surface area (Å²) in [4.78, 5) is 11.2. The van der Waals surface area contributed by atoms with Crippen LogP contribution in [0.25, 0.3) is 0 Å². The van der Waals surface area contributed by atoms with Crippen molar-refractivity contribution in [2.75, 3.05) is 26.3 Å². The van der Waals surface area contributed by atoms with Crippen molar-refractivity contribution in [2.45, 2.75) is 53.0 Å². The lowest BCUT2D eigenvalue weighted by atomic mass is 9.89. The monoisotopic (exact) mass is 387 g/mol. The van der Waals surface area contributed by atoms with E-state index in [9.17, 15) is 4.39 Å². The summed E-state index contributed by atoms with van der Waals surface area (Å²) >= 11 is 0. The van der Waals surface area contributed by atoms with Gasteiger partial charge in [-0.05, 0) is 63.8 Å². The molecule has 6 heteroatoms. The largest absolute Gasteiger partial charge is 0.484 e. The van der Waals surface area contributed by atoms with Gasteiger partial charge in [-0.2, -0.15) is 0 Å². The molecule has 0 saturated carbocycles. The Morgan fingerprint density at radius 1 is 1.11 bits per heavy atom. The number of nitrogens with zero attached hydrogens (tertiary/aromatic N) is 3. The van der Waals surface area contributed by atoms with Crippen LogP contribution < -0.4 is 9.47 Å². The highest BCUT2D eigenvalue weighted by Crippen LogP contribution is 2.36. The van der Waals surface area contributed by atoms with Crippen LogP contribution >= 0.6 is 0 Å². The van der Waals surface area contributed by atoms with Crippen molar-refractivity contribution in [3.05, 3.63) is 46.7 Å². The van der Waals surface area contributed by atoms with Gasteiger partial charge in [0.1, 0.15) is 19.0 Å². The van der Waals surface area contributed by atoms with Crippen LogP contribution in [0, 0.1) is 19.7 Å². The minimum atomic E-state index is -0.329. The Balaban J connectivity index is 0.00000225. The smallest absolute Gasteiger partial charge is 0.257 e. The molecule has 0 N–H and O–H groups in total. The maximum absolute atomic E-state index is 14.7. The number of halogens is 1. The summed E-state index contributed by atoms with van der Waals surface area (Å²) in [5, 5.41) is 0. The zero-order valence-electron chi connectivity index (χ0n) is 16.2. The highest BCUT2D eigenvalue weighted by molar-refractivity contribution is 5.37. The van der Waals surface area contributed by atoms with Gasteiger partial charge in [-0.3, -0.25) is 9.88 Å². The number of pyridine rings is 2. The molecule has 2 atom stereocenters. The Labute approximate surface area is 166 Å². The summed E-state index contributed by atoms with van der Waals surface area (Å²) < 4.78 is 25.7. The molecule has 1 unspecified atom stereocenters. The van der Waals surface area contributed by atoms with Gasteiger partial charge in [0, 0.05) is 24.0 Å². The normalized spacial score (nSPS) is 20.4. The number of likely N-dealkylation sites (tertiary alicyclic amines) is 1. The van der Waals surface area contributed by atoms with Gasteiger partial charge in [0.2, 0.25) is 0 Å². The molecule has 4 heterocycles. The van der Waals surface area contributed by atoms with Crippen LogP contribution in [0.5, 0.6) is 11.6 Å². The van der Waals surface area contributed by atoms with E-state index in [0.717, 1.165) is 37.3 Å². The first-order chi connectivity index (χ1) is 13.0. The zero-order valence-corrected chi connectivity index (χ0v) is 16.2. The standard InChI is InChI=1S/C21H26FN3O2.CH4/c1-13-9-17(10-14(2)23-13)16-5-4-6-25(12-16)15(3)20-18(22)11-19-21(24-20)27-8-7-26-19;/h9-11,15-16H,4-8,12H2,1-3H3;1H4/t15?,16-;/m1./s1. The molecular formula is C22H30FN3O2. The lowest BCUT2D eigenvalue weighted by Crippen LogP contribution is -2.37. The predicted molar refractivity (Wildman–Crippen MR) is 108 cm³/mol. The molecule has 4 rings (SSSR count). The van der Waals surface area contributed by atoms with Crippen LogP contribution in [0.3, 0.4) is 0 Å². The van der Waals surface area contributed by atoms with Gasteiger partial charge >= 0.3 is 0 Å². The summed E-state index contributed by atoms with van der Waals surface area (Å²) in [6.45, 7) is 8.80. The Kier molecular flexibility index (Phi) is 6.18. The third-order valence-electron chi connectivity index (χ3n) is 5.49. The van der Waals surface area contributed by atoms with E-state index in [1.165, 1.54) is 11.6 Å². The molecule has 0 aromatic carbocycles. The third kappa shape index (κ3) is 4.12. The van der Waals surface area contributed by atoms with E-state index >= 15 is 0 Å². The Morgan fingerprint density at radius 3 is 2.57 bits per heavy atom. The molecule has 1 saturated heterocycles. The molecule has 1 fully saturated rings. The molecule has 0 bridgehead atoms. The first kappa shape index (κ1) is 20.5. The van der Waals surface area contributed by atoms with Crippen molar-refractivity contribution in [1.29, 1.82) is 0 Å². The lowest BCUT2D eigenvalue weighted by Gasteiger charge is -2.37. The van der Waals surface area contributed by atoms with Gasteiger partial charge in [-0.1, -0.05) is 7.43 Å². The minimum Gasteiger partial charge on any atom is -0.484 e. The Morgan fingerprint density at radius 2 is 1.82 bits per heavy atom. The van der Waals surface area contributed by atoms with Crippen molar-refractivity contribution in [3.8, 4) is 11.6 Å². The average molecular weight is 387 g/mol. The van der Waals surface area contributed by atoms with Gasteiger partial charge in [-0.15, -0.1) is 0 Å². The van der Waals surface area contributed by atoms with Crippen LogP contribution in [0.4, 0.5) is 4.39 Å². The van der Waals surface area contributed by atoms with E-state index < -0.39 is 0 Å². The number of fused-ring (bicyclic) bond motifs is 1. The summed E-state index contributed by atoms with van der Waals surface area (Å²) in [7, 11) is 0. The van der Waals surface area contributed by atoms with Crippen LogP contribution in [0.15, 0.2) is 18.2 Å². The fourth-order valence-electron chi connectivity index (χ4n) is 4.16. The SMILES string of the molecule is C.Cc1cc([C@@H]2CCCN(C(C)c3nc4c(cc3F)OCCO4)C2)cc(C)n1. The number of piperidine rings is 1. The molecule has 5 nitrogen and oxygen atoms in total. The van der Waals surface area contributed by atoms with Gasteiger partial charge in [0.15, 0.2) is 5.75 Å². The highest BCUT2D eigenvalue weighted by atomic mass is 19.1. The van der Waals surface area contributed by atoms with Crippen molar-refractivity contribution >= 4 is 0 Å². The number of aryl methyl sites for hydroxylation is 2. The van der Waals surface area contributed by atoms with E-state index in [0.29, 0.717) is 36.5 Å². The van der Waals surface area contributed by atoms with E-state index in [4.69, 9.17) is 9.47 Å². The molecule has 0 radical (unpaired) electrons. The molecule has 2 aromatic heterocycles. The summed E-state index contributed by atoms with van der Waals surface area (Å²) in [6.07, 6.45) is 2.23. The van der Waals surface area contributed by atoms with Gasteiger partial charge in [0.25, 0.3) is 5.88 Å². The van der Waals surface area contributed by atoms with Gasteiger partial charge in [-0.25, -0.2) is 9.37 Å². The van der Waals surface area contributed by atoms with Crippen molar-refractivity contribution in [1.82, 2.24) is 14.9 Å². The molecule has 28 heavy (non-hydrogen) atoms. The second-order valence-electron chi connectivity index (χ2n) is 7.55. The number of hydrogen-bond donors (Lipinski definition) is 0. The predicted octanol–water partition coefficient (Wildman–Crippen LogP) is 4.58. The van der Waals surface area contributed by atoms with E-state index in [-0.39, 0.29) is 19.3 Å². The molecule has 0 spiro atoms. The highest BCUT2D eigenvalue weighted by Gasteiger charge is 2.29. The molecular weight excluding hydrogens is 357 g/mol. The van der Waals surface area contributed by atoms with Crippen LogP contribution in [0.2, 0.25) is 0 Å². The lowest BCUT2D eigenvalue weighted by molar-refractivity contribution is 0.144. The van der Waals surface area contributed by atoms with Crippen molar-refractivity contribution in [3.63, 3.8) is 0 Å². The molecule has 0 aliphatic carbocycles. The molecule has 152 valence electrons. The second-order valence-corrected chi connectivity index (χ2v) is 7.55. The Hall–Kier alpha value is -2.21. The number of ether oxygens (including phenoxy) is 2. The summed E-state index contributed by atoms with van der Waals surface area (Å²) in [6, 6.07) is 5.64. The number of hydrogen-bond acceptors (Lipinski definition) is 5. The fraction of sp³-hybridized carbons (Fsp3) is 0.545. The molecule has 2 aromatic rings. The third-order valence-corrected chi connectivity index (χ3v) is 5.49. The van der Waals surface area contributed by atoms with Crippen molar-refractivity contribution < 1.29 is 13.9 Å². The minimum absolute atomic E-state index is 0. The number of rotatable bonds is 3. The topological polar surface area (TPSA) is 47.5 Å². The first-order valence-electron chi connectivity index (χ1n) is 9.66. The molecule has 2 aliphatic heterocycles. The zero-order chi connectivity index (χ0) is 19.0. The number of aromatic nitrogens is 2. The average Bonchev–Trinajstić information content (AvgIpc) is 2.66. The van der Waals surface area contributed by atoms with Crippen molar-refractivity contribution in [2.24, 2.45) is 0 Å². The molecule has 0 amide bonds. The fourth-order valence-corrected chi connectivity index (χ4v) is 4.16. The van der Waals surface area contributed by atoms with Gasteiger partial charge in [0.05, 0.1) is 11.7 Å². The maximum Gasteiger partial charge on any atom is 0.257 e. The van der Waals surface area contributed by atoms with Crippen LogP contribution in [0.1, 0.15) is 61.8 Å². The van der Waals surface area contributed by atoms with E-state index in [1.54, 1.807) is 0 Å². The van der Waals surface area contributed by atoms with Gasteiger partial charge < -0.3 is 9.47 Å². The second kappa shape index (κ2) is 8.43. The Bertz CT molecular complexity index is 823. The van der Waals surface area contributed by atoms with Crippen LogP contribution in [-0.4, -0.2) is 41.2 Å². The molecule has 2 aliphatic rings. The first-order valence-corrected chi connectivity index (χ1v) is 9.66. The van der Waals surface area contributed by atoms with E-state index in [2.05, 4.69) is 27.0 Å². The summed E-state index contributed by atoms with van der Waals surface area (Å²) in [5.74, 6) is 0.902.